The molecule has 2 aromatic heterocycles. The molecule has 1 atom stereocenters. The fourth-order valence-electron chi connectivity index (χ4n) is 4.89. The number of hydrogen-bond acceptors (Lipinski definition) is 8. The van der Waals surface area contributed by atoms with Crippen LogP contribution >= 0.6 is 0 Å². The zero-order valence-electron chi connectivity index (χ0n) is 23.4. The smallest absolute Gasteiger partial charge is 0.281 e. The number of aromatic nitrogens is 2. The summed E-state index contributed by atoms with van der Waals surface area (Å²) < 4.78 is 48.3. The molecule has 1 fully saturated rings. The van der Waals surface area contributed by atoms with Crippen molar-refractivity contribution in [3.63, 3.8) is 0 Å². The average Bonchev–Trinajstić information content (AvgIpc) is 3.20. The molecule has 0 spiro atoms. The molecule has 1 saturated heterocycles. The van der Waals surface area contributed by atoms with Gasteiger partial charge in [-0.15, -0.1) is 0 Å². The second kappa shape index (κ2) is 11.4. The van der Waals surface area contributed by atoms with E-state index in [1.807, 2.05) is 18.7 Å². The Balaban J connectivity index is 1.77. The highest BCUT2D eigenvalue weighted by Gasteiger charge is 2.40. The molecule has 1 aliphatic rings. The van der Waals surface area contributed by atoms with E-state index in [4.69, 9.17) is 15.5 Å². The molecule has 11 heteroatoms. The summed E-state index contributed by atoms with van der Waals surface area (Å²) in [5.74, 6) is 0.00344. The van der Waals surface area contributed by atoms with Crippen molar-refractivity contribution >= 4 is 27.6 Å². The third-order valence-corrected chi connectivity index (χ3v) is 8.14. The molecule has 0 unspecified atom stereocenters. The Labute approximate surface area is 235 Å². The maximum atomic E-state index is 14.6. The van der Waals surface area contributed by atoms with Crippen LogP contribution in [0.5, 0.6) is 5.75 Å². The van der Waals surface area contributed by atoms with E-state index in [0.717, 1.165) is 12.8 Å². The number of rotatable bonds is 9. The van der Waals surface area contributed by atoms with E-state index < -0.39 is 21.7 Å². The van der Waals surface area contributed by atoms with Crippen molar-refractivity contribution in [2.24, 2.45) is 11.8 Å². The van der Waals surface area contributed by atoms with E-state index >= 15 is 0 Å². The van der Waals surface area contributed by atoms with Crippen LogP contribution in [0.1, 0.15) is 57.8 Å². The number of nitrogens with two attached hydrogens (primary N) is 1. The number of ether oxygens (including phenoxy) is 1. The second-order valence-electron chi connectivity index (χ2n) is 11.2. The summed E-state index contributed by atoms with van der Waals surface area (Å²) in [6.07, 6.45) is 1.81. The number of sulfonamides is 1. The van der Waals surface area contributed by atoms with Crippen LogP contribution in [0.2, 0.25) is 0 Å². The van der Waals surface area contributed by atoms with Crippen LogP contribution in [-0.2, 0) is 10.0 Å². The lowest BCUT2D eigenvalue weighted by Gasteiger charge is -2.34. The quantitative estimate of drug-likeness (QED) is 0.367. The highest BCUT2D eigenvalue weighted by atomic mass is 32.2. The maximum Gasteiger partial charge on any atom is 0.281 e. The second-order valence-corrected chi connectivity index (χ2v) is 12.8. The number of amides is 1. The molecule has 1 aromatic carbocycles. The maximum absolute atomic E-state index is 14.6. The van der Waals surface area contributed by atoms with Gasteiger partial charge < -0.3 is 15.4 Å². The van der Waals surface area contributed by atoms with Gasteiger partial charge in [0.15, 0.2) is 5.03 Å². The zero-order chi connectivity index (χ0) is 29.2. The van der Waals surface area contributed by atoms with E-state index in [1.54, 1.807) is 12.1 Å². The van der Waals surface area contributed by atoms with Crippen LogP contribution in [0, 0.1) is 17.7 Å². The molecule has 214 valence electrons. The number of anilines is 2. The van der Waals surface area contributed by atoms with Crippen LogP contribution in [0.15, 0.2) is 53.6 Å². The van der Waals surface area contributed by atoms with E-state index in [2.05, 4.69) is 30.5 Å². The van der Waals surface area contributed by atoms with E-state index in [9.17, 15) is 17.6 Å². The van der Waals surface area contributed by atoms with E-state index in [1.165, 1.54) is 36.4 Å². The van der Waals surface area contributed by atoms with Crippen LogP contribution < -0.4 is 20.1 Å². The van der Waals surface area contributed by atoms with Crippen molar-refractivity contribution < 1.29 is 22.3 Å². The Morgan fingerprint density at radius 3 is 2.60 bits per heavy atom. The van der Waals surface area contributed by atoms with Gasteiger partial charge in [-0.3, -0.25) is 4.79 Å². The molecule has 0 radical (unpaired) electrons. The number of nitrogen functional groups attached to an aromatic ring is 1. The molecule has 1 aliphatic heterocycles. The van der Waals surface area contributed by atoms with Crippen LogP contribution in [-0.4, -0.2) is 43.0 Å². The lowest BCUT2D eigenvalue weighted by atomic mass is 9.95. The molecular weight excluding hydrogens is 533 g/mol. The molecule has 0 aliphatic carbocycles. The van der Waals surface area contributed by atoms with E-state index in [0.29, 0.717) is 41.9 Å². The summed E-state index contributed by atoms with van der Waals surface area (Å²) in [5, 5.41) is -0.367. The topological polar surface area (TPSA) is 128 Å². The summed E-state index contributed by atoms with van der Waals surface area (Å²) in [4.78, 5) is 24.1. The standard InChI is InChI=1S/C29H36FN5O4S/c1-6-19-15-29(4,5)35(16-19)27-23(28(36)34-40(37,38)26-9-7-8-25(31)33-26)10-11-24(32-27)20-12-21(30)14-22(13-20)39-17-18(2)3/h7-14,18-19H,6,15-17H2,1-5H3,(H2,31,33)(H,34,36)/t19-/m1/s1. The monoisotopic (exact) mass is 569 g/mol. The van der Waals surface area contributed by atoms with Crippen LogP contribution in [0.25, 0.3) is 11.3 Å². The van der Waals surface area contributed by atoms with Gasteiger partial charge in [-0.05, 0) is 68.5 Å². The number of carbonyl (C=O) groups is 1. The van der Waals surface area contributed by atoms with Crippen molar-refractivity contribution in [1.29, 1.82) is 0 Å². The number of carbonyl (C=O) groups excluding carboxylic acids is 1. The van der Waals surface area contributed by atoms with Crippen molar-refractivity contribution in [2.45, 2.75) is 58.0 Å². The molecule has 0 bridgehead atoms. The SMILES string of the molecule is CC[C@H]1CN(c2nc(-c3cc(F)cc(OCC(C)C)c3)ccc2C(=O)NS(=O)(=O)c2cccc(N)n2)C(C)(C)C1. The Morgan fingerprint density at radius 2 is 1.95 bits per heavy atom. The normalized spacial score (nSPS) is 16.8. The number of nitrogens with one attached hydrogen (secondary N) is 1. The fourth-order valence-corrected chi connectivity index (χ4v) is 5.83. The minimum Gasteiger partial charge on any atom is -0.493 e. The lowest BCUT2D eigenvalue weighted by Crippen LogP contribution is -2.41. The largest absolute Gasteiger partial charge is 0.493 e. The minimum atomic E-state index is -4.30. The molecule has 40 heavy (non-hydrogen) atoms. The molecule has 0 saturated carbocycles. The molecule has 4 rings (SSSR count). The third kappa shape index (κ3) is 6.52. The first-order valence-electron chi connectivity index (χ1n) is 13.3. The number of nitrogens with zero attached hydrogens (tertiary/aromatic N) is 3. The first kappa shape index (κ1) is 29.3. The highest BCUT2D eigenvalue weighted by Crippen LogP contribution is 2.40. The summed E-state index contributed by atoms with van der Waals surface area (Å²) in [5.41, 5.74) is 6.27. The predicted octanol–water partition coefficient (Wildman–Crippen LogP) is 5.03. The Morgan fingerprint density at radius 1 is 1.20 bits per heavy atom. The Hall–Kier alpha value is -3.73. The third-order valence-electron chi connectivity index (χ3n) is 6.91. The van der Waals surface area contributed by atoms with Crippen LogP contribution in [0.3, 0.4) is 0 Å². The first-order chi connectivity index (χ1) is 18.8. The van der Waals surface area contributed by atoms with E-state index in [-0.39, 0.29) is 27.9 Å². The summed E-state index contributed by atoms with van der Waals surface area (Å²) in [6.45, 7) is 11.3. The number of pyridine rings is 2. The van der Waals surface area contributed by atoms with Crippen molar-refractivity contribution in [3.05, 3.63) is 59.9 Å². The molecule has 3 aromatic rings. The molecule has 3 N–H and O–H groups in total. The molecule has 3 heterocycles. The van der Waals surface area contributed by atoms with Gasteiger partial charge in [-0.25, -0.2) is 19.1 Å². The number of halogens is 1. The molecule has 9 nitrogen and oxygen atoms in total. The van der Waals surface area contributed by atoms with Crippen LogP contribution in [0.4, 0.5) is 16.0 Å². The van der Waals surface area contributed by atoms with Gasteiger partial charge in [0.1, 0.15) is 23.2 Å². The Bertz CT molecular complexity index is 1510. The number of hydrogen-bond donors (Lipinski definition) is 2. The summed E-state index contributed by atoms with van der Waals surface area (Å²) >= 11 is 0. The van der Waals surface area contributed by atoms with Gasteiger partial charge in [0, 0.05) is 23.7 Å². The Kier molecular flexibility index (Phi) is 8.34. The van der Waals surface area contributed by atoms with Gasteiger partial charge in [-0.1, -0.05) is 33.3 Å². The van der Waals surface area contributed by atoms with Crippen molar-refractivity contribution in [3.8, 4) is 17.0 Å². The summed E-state index contributed by atoms with van der Waals surface area (Å²) in [6, 6.07) is 11.6. The average molecular weight is 570 g/mol. The highest BCUT2D eigenvalue weighted by molar-refractivity contribution is 7.90. The van der Waals surface area contributed by atoms with Gasteiger partial charge >= 0.3 is 0 Å². The molecular formula is C29H36FN5O4S. The summed E-state index contributed by atoms with van der Waals surface area (Å²) in [7, 11) is -4.30. The van der Waals surface area contributed by atoms with Gasteiger partial charge in [0.25, 0.3) is 15.9 Å². The first-order valence-corrected chi connectivity index (χ1v) is 14.8. The van der Waals surface area contributed by atoms with Gasteiger partial charge in [0.05, 0.1) is 17.9 Å². The van der Waals surface area contributed by atoms with Gasteiger partial charge in [0.2, 0.25) is 0 Å². The predicted molar refractivity (Wildman–Crippen MR) is 153 cm³/mol. The van der Waals surface area contributed by atoms with Crippen molar-refractivity contribution in [2.75, 3.05) is 23.8 Å². The minimum absolute atomic E-state index is 0.0123. The lowest BCUT2D eigenvalue weighted by molar-refractivity contribution is 0.0981. The fraction of sp³-hybridized carbons (Fsp3) is 0.414. The zero-order valence-corrected chi connectivity index (χ0v) is 24.3. The van der Waals surface area contributed by atoms with Crippen molar-refractivity contribution in [1.82, 2.24) is 14.7 Å². The van der Waals surface area contributed by atoms with Gasteiger partial charge in [-0.2, -0.15) is 8.42 Å². The molecule has 1 amide bonds. The number of benzene rings is 1.